The molecule has 4 heteroatoms. The Morgan fingerprint density at radius 3 is 2.11 bits per heavy atom. The van der Waals surface area contributed by atoms with Crippen molar-refractivity contribution >= 4 is 11.9 Å². The third-order valence-electron chi connectivity index (χ3n) is 8.60. The molecule has 0 heterocycles. The summed E-state index contributed by atoms with van der Waals surface area (Å²) in [6, 6.07) is 0. The van der Waals surface area contributed by atoms with Crippen molar-refractivity contribution in [1.82, 2.24) is 0 Å². The minimum absolute atomic E-state index is 0.0658. The van der Waals surface area contributed by atoms with Gasteiger partial charge in [0, 0.05) is 5.41 Å². The lowest BCUT2D eigenvalue weighted by atomic mass is 9.46. The van der Waals surface area contributed by atoms with E-state index < -0.39 is 5.60 Å². The van der Waals surface area contributed by atoms with Gasteiger partial charge in [0.25, 0.3) is 0 Å². The van der Waals surface area contributed by atoms with Crippen LogP contribution in [0.2, 0.25) is 0 Å². The first-order valence-electron chi connectivity index (χ1n) is 10.9. The fraction of sp³-hybridized carbons (Fsp3) is 0.826. The minimum atomic E-state index is -0.484. The molecule has 5 fully saturated rings. The molecule has 5 saturated carbocycles. The fourth-order valence-electron chi connectivity index (χ4n) is 7.56. The highest BCUT2D eigenvalue weighted by Crippen LogP contribution is 2.64. The first-order valence-corrected chi connectivity index (χ1v) is 10.9. The van der Waals surface area contributed by atoms with E-state index >= 15 is 0 Å². The number of fused-ring (bicyclic) bond motifs is 2. The Kier molecular flexibility index (Phi) is 4.00. The lowest BCUT2D eigenvalue weighted by Gasteiger charge is -2.61. The maximum atomic E-state index is 12.5. The molecule has 0 radical (unpaired) electrons. The van der Waals surface area contributed by atoms with Crippen molar-refractivity contribution < 1.29 is 19.1 Å². The van der Waals surface area contributed by atoms with Gasteiger partial charge in [-0.2, -0.15) is 0 Å². The van der Waals surface area contributed by atoms with Gasteiger partial charge in [0.2, 0.25) is 0 Å². The number of carbonyl (C=O) groups is 2. The SMILES string of the molecule is CC(C)(OC(=O)COC(=O)C1CC2C=CC1C2)C12CC3CC(CC(C3)C1)C2. The maximum absolute atomic E-state index is 12.5. The zero-order valence-corrected chi connectivity index (χ0v) is 16.6. The predicted octanol–water partition coefficient (Wildman–Crippen LogP) is 4.28. The summed E-state index contributed by atoms with van der Waals surface area (Å²) in [5, 5.41) is 0. The summed E-state index contributed by atoms with van der Waals surface area (Å²) in [5.74, 6) is 2.60. The molecule has 0 amide bonds. The number of hydrogen-bond donors (Lipinski definition) is 0. The summed E-state index contributed by atoms with van der Waals surface area (Å²) in [7, 11) is 0. The van der Waals surface area contributed by atoms with Gasteiger partial charge < -0.3 is 9.47 Å². The van der Waals surface area contributed by atoms with Crippen molar-refractivity contribution in [3.8, 4) is 0 Å². The Labute approximate surface area is 162 Å². The number of allylic oxidation sites excluding steroid dienone is 2. The van der Waals surface area contributed by atoms with Gasteiger partial charge in [-0.1, -0.05) is 12.2 Å². The standard InChI is InChI=1S/C23H32O4/c1-22(2,23-10-15-5-16(11-23)7-17(6-15)12-23)27-20(24)13-26-21(25)19-9-14-3-4-18(19)8-14/h3-4,14-19H,5-13H2,1-2H3. The number of rotatable bonds is 5. The van der Waals surface area contributed by atoms with Crippen molar-refractivity contribution in [2.24, 2.45) is 40.9 Å². The number of carbonyl (C=O) groups excluding carboxylic acids is 2. The van der Waals surface area contributed by atoms with Crippen molar-refractivity contribution in [2.45, 2.75) is 70.8 Å². The fourth-order valence-corrected chi connectivity index (χ4v) is 7.56. The normalized spacial score (nSPS) is 43.9. The largest absolute Gasteiger partial charge is 0.457 e. The van der Waals surface area contributed by atoms with E-state index in [2.05, 4.69) is 26.0 Å². The van der Waals surface area contributed by atoms with Crippen LogP contribution in [0, 0.1) is 40.9 Å². The summed E-state index contributed by atoms with van der Waals surface area (Å²) in [6.07, 6.45) is 14.0. The molecule has 0 aliphatic heterocycles. The van der Waals surface area contributed by atoms with Gasteiger partial charge in [0.05, 0.1) is 5.92 Å². The molecule has 148 valence electrons. The number of ether oxygens (including phenoxy) is 2. The van der Waals surface area contributed by atoms with E-state index in [0.29, 0.717) is 11.8 Å². The van der Waals surface area contributed by atoms with E-state index in [1.54, 1.807) is 0 Å². The van der Waals surface area contributed by atoms with Crippen LogP contribution in [-0.4, -0.2) is 24.1 Å². The van der Waals surface area contributed by atoms with E-state index in [4.69, 9.17) is 9.47 Å². The average molecular weight is 373 g/mol. The Morgan fingerprint density at radius 2 is 1.59 bits per heavy atom. The quantitative estimate of drug-likeness (QED) is 0.534. The third kappa shape index (κ3) is 2.94. The van der Waals surface area contributed by atoms with Crippen molar-refractivity contribution in [2.75, 3.05) is 6.61 Å². The van der Waals surface area contributed by atoms with Crippen LogP contribution in [0.4, 0.5) is 0 Å². The minimum Gasteiger partial charge on any atom is -0.457 e. The smallest absolute Gasteiger partial charge is 0.344 e. The highest BCUT2D eigenvalue weighted by molar-refractivity contribution is 5.78. The summed E-state index contributed by atoms with van der Waals surface area (Å²) in [6.45, 7) is 3.92. The molecule has 4 nitrogen and oxygen atoms in total. The Bertz CT molecular complexity index is 641. The first kappa shape index (κ1) is 17.8. The van der Waals surface area contributed by atoms with Gasteiger partial charge in [-0.25, -0.2) is 4.79 Å². The Morgan fingerprint density at radius 1 is 0.963 bits per heavy atom. The lowest BCUT2D eigenvalue weighted by molar-refractivity contribution is -0.203. The van der Waals surface area contributed by atoms with Crippen LogP contribution in [0.5, 0.6) is 0 Å². The molecule has 3 atom stereocenters. The zero-order chi connectivity index (χ0) is 18.8. The molecule has 3 unspecified atom stereocenters. The van der Waals surface area contributed by atoms with Crippen LogP contribution in [0.3, 0.4) is 0 Å². The van der Waals surface area contributed by atoms with Gasteiger partial charge in [-0.3, -0.25) is 4.79 Å². The molecule has 6 rings (SSSR count). The van der Waals surface area contributed by atoms with Crippen molar-refractivity contribution in [3.05, 3.63) is 12.2 Å². The second-order valence-corrected chi connectivity index (χ2v) is 10.7. The summed E-state index contributed by atoms with van der Waals surface area (Å²) in [4.78, 5) is 24.9. The second-order valence-electron chi connectivity index (χ2n) is 10.7. The second kappa shape index (κ2) is 6.09. The molecule has 27 heavy (non-hydrogen) atoms. The highest BCUT2D eigenvalue weighted by Gasteiger charge is 2.58. The topological polar surface area (TPSA) is 52.6 Å². The molecule has 0 aromatic carbocycles. The van der Waals surface area contributed by atoms with E-state index in [1.165, 1.54) is 38.5 Å². The van der Waals surface area contributed by atoms with Gasteiger partial charge in [-0.05, 0) is 94.8 Å². The lowest BCUT2D eigenvalue weighted by Crippen LogP contribution is -2.57. The van der Waals surface area contributed by atoms with E-state index in [-0.39, 0.29) is 29.9 Å². The maximum Gasteiger partial charge on any atom is 0.344 e. The molecule has 6 aliphatic carbocycles. The molecule has 0 saturated heterocycles. The number of hydrogen-bond acceptors (Lipinski definition) is 4. The summed E-state index contributed by atoms with van der Waals surface area (Å²) < 4.78 is 11.3. The van der Waals surface area contributed by atoms with Crippen molar-refractivity contribution in [1.29, 1.82) is 0 Å². The first-order chi connectivity index (χ1) is 12.8. The molecule has 0 spiro atoms. The van der Waals surface area contributed by atoms with Gasteiger partial charge in [-0.15, -0.1) is 0 Å². The van der Waals surface area contributed by atoms with Gasteiger partial charge in [0.15, 0.2) is 6.61 Å². The van der Waals surface area contributed by atoms with Crippen LogP contribution < -0.4 is 0 Å². The molecule has 6 aliphatic rings. The van der Waals surface area contributed by atoms with Crippen LogP contribution in [0.15, 0.2) is 12.2 Å². The van der Waals surface area contributed by atoms with Crippen LogP contribution >= 0.6 is 0 Å². The predicted molar refractivity (Wildman–Crippen MR) is 101 cm³/mol. The molecule has 0 aromatic rings. The van der Waals surface area contributed by atoms with E-state index in [0.717, 1.165) is 30.6 Å². The monoisotopic (exact) mass is 372 g/mol. The van der Waals surface area contributed by atoms with Crippen molar-refractivity contribution in [3.63, 3.8) is 0 Å². The molecule has 6 bridgehead atoms. The van der Waals surface area contributed by atoms with Crippen LogP contribution in [0.25, 0.3) is 0 Å². The summed E-state index contributed by atoms with van der Waals surface area (Å²) in [5.41, 5.74) is -0.363. The zero-order valence-electron chi connectivity index (χ0n) is 16.6. The van der Waals surface area contributed by atoms with E-state index in [9.17, 15) is 9.59 Å². The van der Waals surface area contributed by atoms with E-state index in [1.807, 2.05) is 0 Å². The average Bonchev–Trinajstić information content (AvgIpc) is 3.21. The van der Waals surface area contributed by atoms with Crippen LogP contribution in [-0.2, 0) is 19.1 Å². The third-order valence-corrected chi connectivity index (χ3v) is 8.60. The van der Waals surface area contributed by atoms with Crippen LogP contribution in [0.1, 0.15) is 65.2 Å². The summed E-state index contributed by atoms with van der Waals surface area (Å²) >= 11 is 0. The molecule has 0 aromatic heterocycles. The Balaban J connectivity index is 1.18. The van der Waals surface area contributed by atoms with Gasteiger partial charge in [0.1, 0.15) is 5.60 Å². The number of esters is 2. The molecule has 0 N–H and O–H groups in total. The van der Waals surface area contributed by atoms with Gasteiger partial charge >= 0.3 is 11.9 Å². The Hall–Kier alpha value is -1.32. The highest BCUT2D eigenvalue weighted by atomic mass is 16.6. The molecular weight excluding hydrogens is 340 g/mol. The molecular formula is C23H32O4.